The van der Waals surface area contributed by atoms with E-state index in [1.54, 1.807) is 31.4 Å². The molecule has 6 nitrogen and oxygen atoms in total. The summed E-state index contributed by atoms with van der Waals surface area (Å²) in [6.45, 7) is 2.00. The normalized spacial score (nSPS) is 15.5. The first-order chi connectivity index (χ1) is 10.8. The van der Waals surface area contributed by atoms with Crippen molar-refractivity contribution in [2.24, 2.45) is 0 Å². The Bertz CT molecular complexity index is 635. The molecule has 1 aliphatic heterocycles. The lowest BCUT2D eigenvalue weighted by atomic mass is 9.99. The van der Waals surface area contributed by atoms with Crippen LogP contribution in [-0.4, -0.2) is 36.3 Å². The monoisotopic (exact) mass is 318 g/mol. The molecule has 0 saturated carbocycles. The zero-order valence-corrected chi connectivity index (χ0v) is 13.2. The van der Waals surface area contributed by atoms with E-state index < -0.39 is 0 Å². The van der Waals surface area contributed by atoms with Crippen molar-refractivity contribution in [2.45, 2.75) is 18.8 Å². The number of hydrogen-bond acceptors (Lipinski definition) is 6. The number of benzene rings is 1. The van der Waals surface area contributed by atoms with Crippen LogP contribution in [0.2, 0.25) is 0 Å². The first kappa shape index (κ1) is 14.9. The van der Waals surface area contributed by atoms with Gasteiger partial charge in [-0.1, -0.05) is 11.3 Å². The molecular formula is C15H18N4O2S. The number of hydrogen-bond donors (Lipinski definition) is 2. The average molecular weight is 318 g/mol. The van der Waals surface area contributed by atoms with E-state index in [4.69, 9.17) is 4.74 Å². The number of anilines is 1. The highest BCUT2D eigenvalue weighted by Crippen LogP contribution is 2.28. The lowest BCUT2D eigenvalue weighted by molar-refractivity contribution is 0.102. The van der Waals surface area contributed by atoms with Crippen LogP contribution in [0, 0.1) is 0 Å². The fraction of sp³-hybridized carbons (Fsp3) is 0.400. The zero-order chi connectivity index (χ0) is 15.4. The molecule has 0 aliphatic carbocycles. The van der Waals surface area contributed by atoms with Gasteiger partial charge in [0.2, 0.25) is 5.01 Å². The van der Waals surface area contributed by atoms with Crippen LogP contribution >= 0.6 is 11.3 Å². The third-order valence-electron chi connectivity index (χ3n) is 3.67. The van der Waals surface area contributed by atoms with Crippen molar-refractivity contribution < 1.29 is 9.53 Å². The number of nitrogens with zero attached hydrogens (tertiary/aromatic N) is 2. The summed E-state index contributed by atoms with van der Waals surface area (Å²) in [5, 5.41) is 15.7. The van der Waals surface area contributed by atoms with E-state index in [1.807, 2.05) is 0 Å². The Kier molecular flexibility index (Phi) is 4.65. The van der Waals surface area contributed by atoms with Gasteiger partial charge in [-0.15, -0.1) is 10.2 Å². The maximum atomic E-state index is 12.2. The van der Waals surface area contributed by atoms with Crippen molar-refractivity contribution in [1.29, 1.82) is 0 Å². The standard InChI is InChI=1S/C15H18N4O2S/c1-21-12-4-2-11(3-5-12)17-13(20)15-19-18-14(22-15)10-6-8-16-9-7-10/h2-5,10,16H,6-9H2,1H3,(H,17,20). The molecule has 0 spiro atoms. The minimum atomic E-state index is -0.220. The number of carbonyl (C=O) groups is 1. The fourth-order valence-corrected chi connectivity index (χ4v) is 3.33. The summed E-state index contributed by atoms with van der Waals surface area (Å²) >= 11 is 1.39. The molecule has 1 aromatic heterocycles. The van der Waals surface area contributed by atoms with Gasteiger partial charge in [-0.3, -0.25) is 4.79 Å². The molecular weight excluding hydrogens is 300 g/mol. The predicted octanol–water partition coefficient (Wildman–Crippen LogP) is 2.27. The largest absolute Gasteiger partial charge is 0.497 e. The Labute approximate surface area is 132 Å². The molecule has 1 amide bonds. The molecule has 1 fully saturated rings. The van der Waals surface area contributed by atoms with E-state index in [9.17, 15) is 4.79 Å². The van der Waals surface area contributed by atoms with Gasteiger partial charge in [0.15, 0.2) is 0 Å². The van der Waals surface area contributed by atoms with Crippen molar-refractivity contribution in [3.8, 4) is 5.75 Å². The van der Waals surface area contributed by atoms with Crippen molar-refractivity contribution in [3.63, 3.8) is 0 Å². The van der Waals surface area contributed by atoms with E-state index >= 15 is 0 Å². The van der Waals surface area contributed by atoms with Gasteiger partial charge in [0, 0.05) is 11.6 Å². The molecule has 0 bridgehead atoms. The van der Waals surface area contributed by atoms with Gasteiger partial charge < -0.3 is 15.4 Å². The molecule has 7 heteroatoms. The molecule has 0 atom stereocenters. The Morgan fingerprint density at radius 1 is 1.27 bits per heavy atom. The summed E-state index contributed by atoms with van der Waals surface area (Å²) in [6.07, 6.45) is 2.10. The van der Waals surface area contributed by atoms with Crippen molar-refractivity contribution in [1.82, 2.24) is 15.5 Å². The number of piperidine rings is 1. The van der Waals surface area contributed by atoms with E-state index in [-0.39, 0.29) is 5.91 Å². The Morgan fingerprint density at radius 2 is 2.00 bits per heavy atom. The van der Waals surface area contributed by atoms with E-state index in [1.165, 1.54) is 11.3 Å². The third-order valence-corrected chi connectivity index (χ3v) is 4.76. The van der Waals surface area contributed by atoms with Crippen molar-refractivity contribution in [2.75, 3.05) is 25.5 Å². The Balaban J connectivity index is 1.65. The van der Waals surface area contributed by atoms with E-state index in [0.29, 0.717) is 16.6 Å². The summed E-state index contributed by atoms with van der Waals surface area (Å²) in [6, 6.07) is 7.20. The van der Waals surface area contributed by atoms with Crippen LogP contribution in [0.4, 0.5) is 5.69 Å². The topological polar surface area (TPSA) is 76.1 Å². The molecule has 1 aromatic carbocycles. The van der Waals surface area contributed by atoms with Crippen LogP contribution in [0.15, 0.2) is 24.3 Å². The number of carbonyl (C=O) groups excluding carboxylic acids is 1. The Hall–Kier alpha value is -1.99. The SMILES string of the molecule is COc1ccc(NC(=O)c2nnc(C3CCNCC3)s2)cc1. The molecule has 2 heterocycles. The van der Waals surface area contributed by atoms with Crippen molar-refractivity contribution in [3.05, 3.63) is 34.3 Å². The highest BCUT2D eigenvalue weighted by atomic mass is 32.1. The second-order valence-electron chi connectivity index (χ2n) is 5.15. The number of amides is 1. The van der Waals surface area contributed by atoms with E-state index in [2.05, 4.69) is 20.8 Å². The third kappa shape index (κ3) is 3.42. The van der Waals surface area contributed by atoms with Crippen molar-refractivity contribution >= 4 is 22.9 Å². The zero-order valence-electron chi connectivity index (χ0n) is 12.3. The van der Waals surface area contributed by atoms with Crippen LogP contribution in [-0.2, 0) is 0 Å². The highest BCUT2D eigenvalue weighted by molar-refractivity contribution is 7.13. The van der Waals surface area contributed by atoms with Gasteiger partial charge in [0.05, 0.1) is 7.11 Å². The lowest BCUT2D eigenvalue weighted by Crippen LogP contribution is -2.26. The molecule has 1 saturated heterocycles. The lowest BCUT2D eigenvalue weighted by Gasteiger charge is -2.19. The number of ether oxygens (including phenoxy) is 1. The Morgan fingerprint density at radius 3 is 2.68 bits per heavy atom. The second-order valence-corrected chi connectivity index (χ2v) is 6.16. The molecule has 22 heavy (non-hydrogen) atoms. The molecule has 0 radical (unpaired) electrons. The van der Waals surface area contributed by atoms with Gasteiger partial charge in [-0.25, -0.2) is 0 Å². The summed E-state index contributed by atoms with van der Waals surface area (Å²) in [5.74, 6) is 0.950. The number of rotatable bonds is 4. The van der Waals surface area contributed by atoms with Crippen LogP contribution in [0.1, 0.15) is 33.6 Å². The molecule has 116 valence electrons. The maximum Gasteiger partial charge on any atom is 0.286 e. The van der Waals surface area contributed by atoms with Gasteiger partial charge in [0.1, 0.15) is 10.8 Å². The predicted molar refractivity (Wildman–Crippen MR) is 85.7 cm³/mol. The maximum absolute atomic E-state index is 12.2. The van der Waals surface area contributed by atoms with Gasteiger partial charge in [-0.05, 0) is 50.2 Å². The van der Waals surface area contributed by atoms with Crippen LogP contribution < -0.4 is 15.4 Å². The van der Waals surface area contributed by atoms with Crippen LogP contribution in [0.3, 0.4) is 0 Å². The first-order valence-corrected chi connectivity index (χ1v) is 8.07. The van der Waals surface area contributed by atoms with Gasteiger partial charge in [-0.2, -0.15) is 0 Å². The summed E-state index contributed by atoms with van der Waals surface area (Å²) < 4.78 is 5.09. The molecule has 2 aromatic rings. The quantitative estimate of drug-likeness (QED) is 0.904. The molecule has 0 unspecified atom stereocenters. The highest BCUT2D eigenvalue weighted by Gasteiger charge is 2.21. The number of nitrogens with one attached hydrogen (secondary N) is 2. The van der Waals surface area contributed by atoms with Gasteiger partial charge >= 0.3 is 0 Å². The second kappa shape index (κ2) is 6.85. The molecule has 3 rings (SSSR count). The molecule has 1 aliphatic rings. The van der Waals surface area contributed by atoms with Crippen LogP contribution in [0.5, 0.6) is 5.75 Å². The summed E-state index contributed by atoms with van der Waals surface area (Å²) in [7, 11) is 1.61. The van der Waals surface area contributed by atoms with Gasteiger partial charge in [0.25, 0.3) is 5.91 Å². The first-order valence-electron chi connectivity index (χ1n) is 7.26. The minimum Gasteiger partial charge on any atom is -0.497 e. The van der Waals surface area contributed by atoms with E-state index in [0.717, 1.165) is 36.7 Å². The fourth-order valence-electron chi connectivity index (χ4n) is 2.42. The number of methoxy groups -OCH3 is 1. The number of aromatic nitrogens is 2. The smallest absolute Gasteiger partial charge is 0.286 e. The summed E-state index contributed by atoms with van der Waals surface area (Å²) in [5.41, 5.74) is 0.712. The average Bonchev–Trinajstić information content (AvgIpc) is 3.06. The summed E-state index contributed by atoms with van der Waals surface area (Å²) in [4.78, 5) is 12.2. The minimum absolute atomic E-state index is 0.220. The van der Waals surface area contributed by atoms with Crippen LogP contribution in [0.25, 0.3) is 0 Å². The molecule has 2 N–H and O–H groups in total.